The summed E-state index contributed by atoms with van der Waals surface area (Å²) in [5.74, 6) is -0.335. The molecular formula is C14H17F3N2O2. The minimum Gasteiger partial charge on any atom is -0.406 e. The number of benzene rings is 1. The van der Waals surface area contributed by atoms with E-state index in [0.717, 1.165) is 24.9 Å². The highest BCUT2D eigenvalue weighted by atomic mass is 19.4. The highest BCUT2D eigenvalue weighted by molar-refractivity contribution is 5.76. The minimum atomic E-state index is -4.69. The zero-order valence-electron chi connectivity index (χ0n) is 11.4. The molecule has 1 unspecified atom stereocenters. The molecule has 0 aliphatic carbocycles. The summed E-state index contributed by atoms with van der Waals surface area (Å²) in [6.45, 7) is 1.23. The fraction of sp³-hybridized carbons (Fsp3) is 0.500. The molecular weight excluding hydrogens is 285 g/mol. The average Bonchev–Trinajstić information content (AvgIpc) is 2.89. The molecule has 0 spiro atoms. The highest BCUT2D eigenvalue weighted by Gasteiger charge is 2.30. The molecule has 7 heteroatoms. The highest BCUT2D eigenvalue weighted by Crippen LogP contribution is 2.22. The van der Waals surface area contributed by atoms with Gasteiger partial charge in [0.2, 0.25) is 5.91 Å². The van der Waals surface area contributed by atoms with Gasteiger partial charge in [0.25, 0.3) is 0 Å². The average molecular weight is 302 g/mol. The standard InChI is InChI=1S/C14H17F3N2O2/c15-14(16,17)21-12-5-3-10(4-6-12)9-19-13(20)8-11-2-1-7-18-11/h3-6,11,18H,1-2,7-9H2,(H,19,20). The Morgan fingerprint density at radius 3 is 2.62 bits per heavy atom. The lowest BCUT2D eigenvalue weighted by Crippen LogP contribution is -2.31. The van der Waals surface area contributed by atoms with Gasteiger partial charge in [-0.3, -0.25) is 4.79 Å². The lowest BCUT2D eigenvalue weighted by Gasteiger charge is -2.11. The SMILES string of the molecule is O=C(CC1CCCN1)NCc1ccc(OC(F)(F)F)cc1. The van der Waals surface area contributed by atoms with Gasteiger partial charge in [-0.15, -0.1) is 13.2 Å². The van der Waals surface area contributed by atoms with Crippen LogP contribution in [-0.4, -0.2) is 24.9 Å². The molecule has 2 N–H and O–H groups in total. The summed E-state index contributed by atoms with van der Waals surface area (Å²) in [7, 11) is 0. The van der Waals surface area contributed by atoms with Crippen molar-refractivity contribution in [2.45, 2.75) is 38.2 Å². The number of carbonyl (C=O) groups excluding carboxylic acids is 1. The molecule has 1 aliphatic rings. The van der Waals surface area contributed by atoms with Gasteiger partial charge in [0.1, 0.15) is 5.75 Å². The second kappa shape index (κ2) is 6.80. The molecule has 0 aromatic heterocycles. The van der Waals surface area contributed by atoms with Gasteiger partial charge in [-0.1, -0.05) is 12.1 Å². The van der Waals surface area contributed by atoms with E-state index in [1.54, 1.807) is 0 Å². The first kappa shape index (κ1) is 15.6. The van der Waals surface area contributed by atoms with E-state index in [0.29, 0.717) is 6.42 Å². The number of rotatable bonds is 5. The predicted octanol–water partition coefficient (Wildman–Crippen LogP) is 2.34. The number of hydrogen-bond donors (Lipinski definition) is 2. The number of amides is 1. The first-order valence-corrected chi connectivity index (χ1v) is 6.77. The molecule has 1 atom stereocenters. The molecule has 0 saturated carbocycles. The molecule has 1 aliphatic heterocycles. The fourth-order valence-corrected chi connectivity index (χ4v) is 2.24. The van der Waals surface area contributed by atoms with Gasteiger partial charge in [-0.2, -0.15) is 0 Å². The van der Waals surface area contributed by atoms with Crippen LogP contribution in [0, 0.1) is 0 Å². The molecule has 1 fully saturated rings. The van der Waals surface area contributed by atoms with Crippen LogP contribution >= 0.6 is 0 Å². The largest absolute Gasteiger partial charge is 0.573 e. The molecule has 1 aromatic carbocycles. The molecule has 0 bridgehead atoms. The zero-order chi connectivity index (χ0) is 15.3. The Hall–Kier alpha value is -1.76. The third-order valence-electron chi connectivity index (χ3n) is 3.24. The minimum absolute atomic E-state index is 0.0648. The number of alkyl halides is 3. The van der Waals surface area contributed by atoms with Crippen molar-refractivity contribution in [3.63, 3.8) is 0 Å². The van der Waals surface area contributed by atoms with Gasteiger partial charge in [-0.25, -0.2) is 0 Å². The van der Waals surface area contributed by atoms with Crippen LogP contribution in [0.25, 0.3) is 0 Å². The van der Waals surface area contributed by atoms with Gasteiger partial charge in [-0.05, 0) is 37.1 Å². The maximum Gasteiger partial charge on any atom is 0.573 e. The van der Waals surface area contributed by atoms with Crippen LogP contribution in [0.15, 0.2) is 24.3 Å². The van der Waals surface area contributed by atoms with Crippen LogP contribution in [-0.2, 0) is 11.3 Å². The van der Waals surface area contributed by atoms with E-state index in [-0.39, 0.29) is 24.2 Å². The molecule has 0 radical (unpaired) electrons. The Morgan fingerprint density at radius 2 is 2.05 bits per heavy atom. The van der Waals surface area contributed by atoms with Crippen molar-refractivity contribution >= 4 is 5.91 Å². The van der Waals surface area contributed by atoms with E-state index in [9.17, 15) is 18.0 Å². The smallest absolute Gasteiger partial charge is 0.406 e. The first-order valence-electron chi connectivity index (χ1n) is 6.77. The third kappa shape index (κ3) is 5.63. The number of carbonyl (C=O) groups is 1. The Kier molecular flexibility index (Phi) is 5.06. The second-order valence-corrected chi connectivity index (χ2v) is 4.97. The van der Waals surface area contributed by atoms with Crippen LogP contribution in [0.1, 0.15) is 24.8 Å². The maximum absolute atomic E-state index is 12.0. The van der Waals surface area contributed by atoms with Gasteiger partial charge < -0.3 is 15.4 Å². The third-order valence-corrected chi connectivity index (χ3v) is 3.24. The van der Waals surface area contributed by atoms with Crippen LogP contribution in [0.3, 0.4) is 0 Å². The maximum atomic E-state index is 12.0. The Balaban J connectivity index is 1.76. The first-order chi connectivity index (χ1) is 9.92. The van der Waals surface area contributed by atoms with Gasteiger partial charge in [0.15, 0.2) is 0 Å². The summed E-state index contributed by atoms with van der Waals surface area (Å²) in [5.41, 5.74) is 0.720. The Labute approximate surface area is 120 Å². The van der Waals surface area contributed by atoms with Crippen molar-refractivity contribution in [3.8, 4) is 5.75 Å². The predicted molar refractivity (Wildman–Crippen MR) is 70.6 cm³/mol. The van der Waals surface area contributed by atoms with Crippen LogP contribution in [0.2, 0.25) is 0 Å². The fourth-order valence-electron chi connectivity index (χ4n) is 2.24. The van der Waals surface area contributed by atoms with Crippen LogP contribution < -0.4 is 15.4 Å². The summed E-state index contributed by atoms with van der Waals surface area (Å²) < 4.78 is 39.8. The van der Waals surface area contributed by atoms with Gasteiger partial charge in [0, 0.05) is 19.0 Å². The molecule has 21 heavy (non-hydrogen) atoms. The van der Waals surface area contributed by atoms with E-state index >= 15 is 0 Å². The van der Waals surface area contributed by atoms with Crippen molar-refractivity contribution in [2.75, 3.05) is 6.54 Å². The van der Waals surface area contributed by atoms with Crippen molar-refractivity contribution in [3.05, 3.63) is 29.8 Å². The number of nitrogens with one attached hydrogen (secondary N) is 2. The molecule has 2 rings (SSSR count). The van der Waals surface area contributed by atoms with E-state index < -0.39 is 6.36 Å². The number of ether oxygens (including phenoxy) is 1. The number of halogens is 3. The van der Waals surface area contributed by atoms with Gasteiger partial charge >= 0.3 is 6.36 Å². The normalized spacial score (nSPS) is 18.5. The van der Waals surface area contributed by atoms with E-state index in [1.165, 1.54) is 24.3 Å². The zero-order valence-corrected chi connectivity index (χ0v) is 11.4. The summed E-state index contributed by atoms with van der Waals surface area (Å²) >= 11 is 0. The van der Waals surface area contributed by atoms with Crippen LogP contribution in [0.4, 0.5) is 13.2 Å². The van der Waals surface area contributed by atoms with Crippen molar-refractivity contribution < 1.29 is 22.7 Å². The quantitative estimate of drug-likeness (QED) is 0.878. The lowest BCUT2D eigenvalue weighted by atomic mass is 10.1. The molecule has 1 heterocycles. The molecule has 1 aromatic rings. The summed E-state index contributed by atoms with van der Waals surface area (Å²) in [5, 5.41) is 5.98. The van der Waals surface area contributed by atoms with E-state index in [4.69, 9.17) is 0 Å². The van der Waals surface area contributed by atoms with Gasteiger partial charge in [0.05, 0.1) is 0 Å². The lowest BCUT2D eigenvalue weighted by molar-refractivity contribution is -0.274. The topological polar surface area (TPSA) is 50.4 Å². The van der Waals surface area contributed by atoms with Crippen molar-refractivity contribution in [1.82, 2.24) is 10.6 Å². The molecule has 1 amide bonds. The monoisotopic (exact) mass is 302 g/mol. The summed E-state index contributed by atoms with van der Waals surface area (Å²) in [4.78, 5) is 11.7. The summed E-state index contributed by atoms with van der Waals surface area (Å²) in [6, 6.07) is 5.68. The second-order valence-electron chi connectivity index (χ2n) is 4.97. The van der Waals surface area contributed by atoms with Crippen LogP contribution in [0.5, 0.6) is 5.75 Å². The molecule has 1 saturated heterocycles. The Morgan fingerprint density at radius 1 is 1.33 bits per heavy atom. The van der Waals surface area contributed by atoms with E-state index in [1.807, 2.05) is 0 Å². The molecule has 4 nitrogen and oxygen atoms in total. The summed E-state index contributed by atoms with van der Waals surface area (Å²) in [6.07, 6.45) is -2.19. The van der Waals surface area contributed by atoms with E-state index in [2.05, 4.69) is 15.4 Å². The number of hydrogen-bond acceptors (Lipinski definition) is 3. The van der Waals surface area contributed by atoms with Crippen molar-refractivity contribution in [2.24, 2.45) is 0 Å². The Bertz CT molecular complexity index is 468. The van der Waals surface area contributed by atoms with Crippen molar-refractivity contribution in [1.29, 1.82) is 0 Å². The molecule has 116 valence electrons.